The first kappa shape index (κ1) is 21.2. The Bertz CT molecular complexity index is 1390. The Morgan fingerprint density at radius 1 is 1.25 bits per heavy atom. The number of aryl methyl sites for hydroxylation is 1. The number of benzene rings is 2. The molecule has 4 rings (SSSR count). The molecule has 1 N–H and O–H groups in total. The number of amides is 1. The Balaban J connectivity index is 1.66. The Hall–Kier alpha value is -4.05. The Morgan fingerprint density at radius 3 is 2.69 bits per heavy atom. The summed E-state index contributed by atoms with van der Waals surface area (Å²) in [6.07, 6.45) is 1.47. The van der Waals surface area contributed by atoms with Gasteiger partial charge in [0.25, 0.3) is 11.5 Å². The van der Waals surface area contributed by atoms with Gasteiger partial charge in [0.1, 0.15) is 4.83 Å². The summed E-state index contributed by atoms with van der Waals surface area (Å²) in [5, 5.41) is 14.3. The highest BCUT2D eigenvalue weighted by molar-refractivity contribution is 7.20. The maximum Gasteiger partial charge on any atom is 0.312 e. The second kappa shape index (κ2) is 8.60. The van der Waals surface area contributed by atoms with Gasteiger partial charge in [-0.2, -0.15) is 0 Å². The number of hydrogen-bond acceptors (Lipinski definition) is 7. The molecule has 2 heterocycles. The molecule has 9 nitrogen and oxygen atoms in total. The Kier molecular flexibility index (Phi) is 5.69. The van der Waals surface area contributed by atoms with Crippen LogP contribution in [0.2, 0.25) is 0 Å². The number of carbonyl (C=O) groups excluding carboxylic acids is 1. The first-order chi connectivity index (χ1) is 15.4. The zero-order valence-corrected chi connectivity index (χ0v) is 18.0. The fraction of sp³-hybridized carbons (Fsp3) is 0.136. The fourth-order valence-electron chi connectivity index (χ4n) is 3.37. The van der Waals surface area contributed by atoms with Gasteiger partial charge >= 0.3 is 5.69 Å². The number of ether oxygens (including phenoxy) is 1. The monoisotopic (exact) mass is 450 g/mol. The summed E-state index contributed by atoms with van der Waals surface area (Å²) in [6.45, 7) is 2.06. The molecule has 2 aromatic heterocycles. The van der Waals surface area contributed by atoms with Gasteiger partial charge in [-0.25, -0.2) is 4.98 Å². The molecule has 0 aliphatic carbocycles. The molecule has 0 unspecified atom stereocenters. The highest BCUT2D eigenvalue weighted by Gasteiger charge is 2.21. The van der Waals surface area contributed by atoms with E-state index in [4.69, 9.17) is 4.74 Å². The number of carbonyl (C=O) groups is 1. The van der Waals surface area contributed by atoms with Crippen LogP contribution in [0.15, 0.2) is 59.7 Å². The summed E-state index contributed by atoms with van der Waals surface area (Å²) in [5.41, 5.74) is 1.23. The highest BCUT2D eigenvalue weighted by atomic mass is 32.1. The van der Waals surface area contributed by atoms with Gasteiger partial charge in [-0.05, 0) is 30.2 Å². The Labute approximate surface area is 186 Å². The van der Waals surface area contributed by atoms with Gasteiger partial charge in [-0.15, -0.1) is 11.3 Å². The molecule has 162 valence electrons. The minimum Gasteiger partial charge on any atom is -0.490 e. The normalized spacial score (nSPS) is 10.8. The zero-order chi connectivity index (χ0) is 22.8. The number of methoxy groups -OCH3 is 1. The predicted molar refractivity (Wildman–Crippen MR) is 122 cm³/mol. The molecule has 4 aromatic rings. The third-order valence-corrected chi connectivity index (χ3v) is 6.15. The van der Waals surface area contributed by atoms with Crippen molar-refractivity contribution in [3.8, 4) is 5.75 Å². The molecule has 0 spiro atoms. The van der Waals surface area contributed by atoms with Crippen LogP contribution in [-0.2, 0) is 6.54 Å². The number of nitrogens with one attached hydrogen (secondary N) is 1. The summed E-state index contributed by atoms with van der Waals surface area (Å²) in [4.78, 5) is 41.7. The molecule has 0 saturated carbocycles. The second-order valence-electron chi connectivity index (χ2n) is 7.00. The molecule has 0 saturated heterocycles. The van der Waals surface area contributed by atoms with Crippen LogP contribution in [0.25, 0.3) is 10.2 Å². The first-order valence-corrected chi connectivity index (χ1v) is 10.4. The summed E-state index contributed by atoms with van der Waals surface area (Å²) in [6, 6.07) is 13.7. The molecular weight excluding hydrogens is 432 g/mol. The quantitative estimate of drug-likeness (QED) is 0.351. The SMILES string of the molecule is COc1ccc(NC(=O)c2sc3ncn(Cc4ccccc4)c(=O)c3c2C)cc1[N+](=O)[O-]. The highest BCUT2D eigenvalue weighted by Crippen LogP contribution is 2.31. The fourth-order valence-corrected chi connectivity index (χ4v) is 4.40. The Morgan fingerprint density at radius 2 is 2.00 bits per heavy atom. The van der Waals surface area contributed by atoms with E-state index in [1.165, 1.54) is 36.2 Å². The molecule has 0 fully saturated rings. The zero-order valence-electron chi connectivity index (χ0n) is 17.2. The van der Waals surface area contributed by atoms with Crippen LogP contribution in [0.4, 0.5) is 11.4 Å². The molecule has 2 aromatic carbocycles. The van der Waals surface area contributed by atoms with E-state index in [1.807, 2.05) is 30.3 Å². The molecule has 32 heavy (non-hydrogen) atoms. The summed E-state index contributed by atoms with van der Waals surface area (Å²) in [5.74, 6) is -0.381. The lowest BCUT2D eigenvalue weighted by Crippen LogP contribution is -2.21. The van der Waals surface area contributed by atoms with E-state index in [-0.39, 0.29) is 22.7 Å². The van der Waals surface area contributed by atoms with Crippen LogP contribution in [0.1, 0.15) is 20.8 Å². The van der Waals surface area contributed by atoms with Crippen molar-refractivity contribution in [1.29, 1.82) is 0 Å². The molecule has 0 aliphatic heterocycles. The van der Waals surface area contributed by atoms with E-state index in [9.17, 15) is 19.7 Å². The van der Waals surface area contributed by atoms with Crippen molar-refractivity contribution in [1.82, 2.24) is 9.55 Å². The van der Waals surface area contributed by atoms with Gasteiger partial charge in [0, 0.05) is 11.8 Å². The van der Waals surface area contributed by atoms with Gasteiger partial charge in [0.15, 0.2) is 5.75 Å². The number of fused-ring (bicyclic) bond motifs is 1. The standard InChI is InChI=1S/C22H18N4O5S/c1-13-18-21(23-12-25(22(18)28)11-14-6-4-3-5-7-14)32-19(13)20(27)24-15-8-9-17(31-2)16(10-15)26(29)30/h3-10,12H,11H2,1-2H3,(H,24,27). The first-order valence-electron chi connectivity index (χ1n) is 9.55. The molecule has 1 amide bonds. The summed E-state index contributed by atoms with van der Waals surface area (Å²) >= 11 is 1.10. The average molecular weight is 450 g/mol. The lowest BCUT2D eigenvalue weighted by molar-refractivity contribution is -0.385. The number of aromatic nitrogens is 2. The lowest BCUT2D eigenvalue weighted by atomic mass is 10.2. The number of thiophene rings is 1. The van der Waals surface area contributed by atoms with Crippen molar-refractivity contribution >= 4 is 38.8 Å². The van der Waals surface area contributed by atoms with Crippen LogP contribution in [0.5, 0.6) is 5.75 Å². The molecular formula is C22H18N4O5S. The van der Waals surface area contributed by atoms with E-state index in [0.29, 0.717) is 27.2 Å². The third kappa shape index (κ3) is 3.95. The molecule has 0 bridgehead atoms. The molecule has 0 aliphatic rings. The number of anilines is 1. The largest absolute Gasteiger partial charge is 0.490 e. The smallest absolute Gasteiger partial charge is 0.312 e. The number of nitro groups is 1. The van der Waals surface area contributed by atoms with Crippen molar-refractivity contribution in [3.05, 3.63) is 91.3 Å². The van der Waals surface area contributed by atoms with E-state index in [1.54, 1.807) is 6.92 Å². The van der Waals surface area contributed by atoms with Gasteiger partial charge < -0.3 is 10.1 Å². The molecule has 0 atom stereocenters. The van der Waals surface area contributed by atoms with E-state index in [0.717, 1.165) is 16.9 Å². The van der Waals surface area contributed by atoms with Crippen LogP contribution < -0.4 is 15.6 Å². The van der Waals surface area contributed by atoms with E-state index >= 15 is 0 Å². The number of hydrogen-bond donors (Lipinski definition) is 1. The lowest BCUT2D eigenvalue weighted by Gasteiger charge is -2.07. The van der Waals surface area contributed by atoms with Crippen LogP contribution >= 0.6 is 11.3 Å². The van der Waals surface area contributed by atoms with Crippen molar-refractivity contribution in [3.63, 3.8) is 0 Å². The second-order valence-corrected chi connectivity index (χ2v) is 8.00. The molecule has 0 radical (unpaired) electrons. The van der Waals surface area contributed by atoms with Crippen LogP contribution in [0.3, 0.4) is 0 Å². The number of rotatable bonds is 6. The summed E-state index contributed by atoms with van der Waals surface area (Å²) < 4.78 is 6.49. The van der Waals surface area contributed by atoms with Gasteiger partial charge in [0.2, 0.25) is 0 Å². The average Bonchev–Trinajstić information content (AvgIpc) is 3.13. The topological polar surface area (TPSA) is 116 Å². The minimum atomic E-state index is -0.585. The van der Waals surface area contributed by atoms with Crippen LogP contribution in [-0.4, -0.2) is 27.5 Å². The van der Waals surface area contributed by atoms with Crippen molar-refractivity contribution in [2.45, 2.75) is 13.5 Å². The van der Waals surface area contributed by atoms with Gasteiger partial charge in [-0.1, -0.05) is 30.3 Å². The van der Waals surface area contributed by atoms with E-state index in [2.05, 4.69) is 10.3 Å². The predicted octanol–water partition coefficient (Wildman–Crippen LogP) is 3.98. The van der Waals surface area contributed by atoms with Crippen molar-refractivity contribution in [2.24, 2.45) is 0 Å². The third-order valence-electron chi connectivity index (χ3n) is 4.95. The van der Waals surface area contributed by atoms with Crippen LogP contribution in [0, 0.1) is 17.0 Å². The van der Waals surface area contributed by atoms with Gasteiger partial charge in [-0.3, -0.25) is 24.3 Å². The number of nitrogens with zero attached hydrogens (tertiary/aromatic N) is 3. The molecule has 10 heteroatoms. The number of nitro benzene ring substituents is 1. The maximum atomic E-state index is 13.0. The van der Waals surface area contributed by atoms with Crippen molar-refractivity contribution in [2.75, 3.05) is 12.4 Å². The van der Waals surface area contributed by atoms with E-state index < -0.39 is 10.8 Å². The minimum absolute atomic E-state index is 0.0919. The maximum absolute atomic E-state index is 13.0. The van der Waals surface area contributed by atoms with Crippen molar-refractivity contribution < 1.29 is 14.5 Å². The summed E-state index contributed by atoms with van der Waals surface area (Å²) in [7, 11) is 1.33. The van der Waals surface area contributed by atoms with Gasteiger partial charge in [0.05, 0.1) is 35.2 Å².